The summed E-state index contributed by atoms with van der Waals surface area (Å²) in [6.07, 6.45) is -0.344. The Bertz CT molecular complexity index is 1030. The Hall–Kier alpha value is -3.25. The summed E-state index contributed by atoms with van der Waals surface area (Å²) in [5.74, 6) is 1.64. The fraction of sp³-hybridized carbons (Fsp3) is 0.261. The molecular formula is C23H23NO5. The molecule has 6 heteroatoms. The zero-order chi connectivity index (χ0) is 20.2. The van der Waals surface area contributed by atoms with E-state index >= 15 is 0 Å². The molecule has 2 N–H and O–H groups in total. The smallest absolute Gasteiger partial charge is 0.255 e. The van der Waals surface area contributed by atoms with Crippen molar-refractivity contribution in [2.45, 2.75) is 19.4 Å². The van der Waals surface area contributed by atoms with E-state index in [9.17, 15) is 9.90 Å². The van der Waals surface area contributed by atoms with Crippen LogP contribution in [-0.2, 0) is 0 Å². The van der Waals surface area contributed by atoms with Gasteiger partial charge in [0.05, 0.1) is 18.3 Å². The van der Waals surface area contributed by atoms with E-state index in [0.29, 0.717) is 42.4 Å². The largest absolute Gasteiger partial charge is 0.493 e. The molecule has 1 aliphatic rings. The van der Waals surface area contributed by atoms with E-state index in [1.807, 2.05) is 43.3 Å². The maximum absolute atomic E-state index is 12.9. The van der Waals surface area contributed by atoms with Gasteiger partial charge in [0, 0.05) is 6.54 Å². The summed E-state index contributed by atoms with van der Waals surface area (Å²) in [6.45, 7) is 2.88. The first kappa shape index (κ1) is 19.1. The fourth-order valence-electron chi connectivity index (χ4n) is 3.46. The van der Waals surface area contributed by atoms with Crippen molar-refractivity contribution in [1.82, 2.24) is 5.32 Å². The first-order valence-corrected chi connectivity index (χ1v) is 9.67. The third-order valence-electron chi connectivity index (χ3n) is 4.90. The van der Waals surface area contributed by atoms with Crippen molar-refractivity contribution in [2.24, 2.45) is 0 Å². The lowest BCUT2D eigenvalue weighted by Crippen LogP contribution is -2.26. The van der Waals surface area contributed by atoms with E-state index in [4.69, 9.17) is 14.2 Å². The van der Waals surface area contributed by atoms with E-state index in [-0.39, 0.29) is 12.7 Å². The molecule has 0 saturated carbocycles. The molecule has 29 heavy (non-hydrogen) atoms. The van der Waals surface area contributed by atoms with Gasteiger partial charge in [-0.1, -0.05) is 36.4 Å². The highest BCUT2D eigenvalue weighted by molar-refractivity contribution is 6.09. The van der Waals surface area contributed by atoms with Gasteiger partial charge >= 0.3 is 0 Å². The highest BCUT2D eigenvalue weighted by Crippen LogP contribution is 2.34. The monoisotopic (exact) mass is 393 g/mol. The Labute approximate surface area is 169 Å². The fourth-order valence-corrected chi connectivity index (χ4v) is 3.46. The summed E-state index contributed by atoms with van der Waals surface area (Å²) in [7, 11) is 0. The topological polar surface area (TPSA) is 77.0 Å². The summed E-state index contributed by atoms with van der Waals surface area (Å²) in [6, 6.07) is 16.8. The maximum Gasteiger partial charge on any atom is 0.255 e. The third kappa shape index (κ3) is 3.98. The molecule has 3 aromatic carbocycles. The predicted molar refractivity (Wildman–Crippen MR) is 110 cm³/mol. The van der Waals surface area contributed by atoms with Crippen molar-refractivity contribution in [1.29, 1.82) is 0 Å². The number of fused-ring (bicyclic) bond motifs is 2. The molecule has 1 atom stereocenters. The Morgan fingerprint density at radius 1 is 1.14 bits per heavy atom. The van der Waals surface area contributed by atoms with Crippen LogP contribution in [0.1, 0.15) is 35.4 Å². The highest BCUT2D eigenvalue weighted by atomic mass is 16.7. The molecule has 0 aliphatic carbocycles. The zero-order valence-electron chi connectivity index (χ0n) is 16.2. The van der Waals surface area contributed by atoms with Crippen LogP contribution >= 0.6 is 0 Å². The van der Waals surface area contributed by atoms with Crippen molar-refractivity contribution in [2.75, 3.05) is 19.9 Å². The molecule has 1 heterocycles. The quantitative estimate of drug-likeness (QED) is 0.638. The molecule has 150 valence electrons. The standard InChI is InChI=1S/C23H23NO5/c1-2-27-20-10-7-15-5-3-4-6-17(15)22(20)23(26)24-12-11-18(25)16-8-9-19-21(13-16)29-14-28-19/h3-10,13,18,25H,2,11-12,14H2,1H3,(H,24,26). The molecule has 0 spiro atoms. The van der Waals surface area contributed by atoms with Gasteiger partial charge in [0.15, 0.2) is 11.5 Å². The van der Waals surface area contributed by atoms with E-state index in [2.05, 4.69) is 5.32 Å². The second-order valence-electron chi connectivity index (χ2n) is 6.77. The van der Waals surface area contributed by atoms with Crippen LogP contribution in [0.15, 0.2) is 54.6 Å². The molecule has 0 bridgehead atoms. The molecule has 1 aliphatic heterocycles. The Kier molecular flexibility index (Phi) is 5.53. The molecule has 0 aromatic heterocycles. The Balaban J connectivity index is 1.45. The normalized spacial score (nSPS) is 13.3. The van der Waals surface area contributed by atoms with E-state index in [1.54, 1.807) is 18.2 Å². The first-order valence-electron chi connectivity index (χ1n) is 9.67. The molecule has 3 aromatic rings. The van der Waals surface area contributed by atoms with Crippen molar-refractivity contribution in [3.63, 3.8) is 0 Å². The van der Waals surface area contributed by atoms with Crippen LogP contribution in [0, 0.1) is 0 Å². The predicted octanol–water partition coefficient (Wildman–Crippen LogP) is 3.82. The second-order valence-corrected chi connectivity index (χ2v) is 6.77. The number of aliphatic hydroxyl groups is 1. The van der Waals surface area contributed by atoms with E-state index in [0.717, 1.165) is 16.3 Å². The number of carbonyl (C=O) groups is 1. The molecule has 0 radical (unpaired) electrons. The average molecular weight is 393 g/mol. The Morgan fingerprint density at radius 2 is 1.97 bits per heavy atom. The van der Waals surface area contributed by atoms with Crippen molar-refractivity contribution < 1.29 is 24.1 Å². The van der Waals surface area contributed by atoms with E-state index < -0.39 is 6.10 Å². The van der Waals surface area contributed by atoms with Crippen molar-refractivity contribution in [3.05, 3.63) is 65.7 Å². The SMILES string of the molecule is CCOc1ccc2ccccc2c1C(=O)NCCC(O)c1ccc2c(c1)OCO2. The minimum atomic E-state index is -0.719. The second kappa shape index (κ2) is 8.41. The molecule has 0 saturated heterocycles. The average Bonchev–Trinajstić information content (AvgIpc) is 3.21. The van der Waals surface area contributed by atoms with Crippen molar-refractivity contribution >= 4 is 16.7 Å². The van der Waals surface area contributed by atoms with Gasteiger partial charge in [0.2, 0.25) is 6.79 Å². The molecular weight excluding hydrogens is 370 g/mol. The van der Waals surface area contributed by atoms with Crippen LogP contribution in [-0.4, -0.2) is 31.0 Å². The lowest BCUT2D eigenvalue weighted by molar-refractivity contribution is 0.0940. The number of aliphatic hydroxyl groups excluding tert-OH is 1. The van der Waals surface area contributed by atoms with Crippen LogP contribution in [0.3, 0.4) is 0 Å². The van der Waals surface area contributed by atoms with Crippen LogP contribution in [0.25, 0.3) is 10.8 Å². The Morgan fingerprint density at radius 3 is 2.83 bits per heavy atom. The minimum absolute atomic E-state index is 0.193. The van der Waals surface area contributed by atoms with Gasteiger partial charge in [-0.25, -0.2) is 0 Å². The minimum Gasteiger partial charge on any atom is -0.493 e. The zero-order valence-corrected chi connectivity index (χ0v) is 16.2. The highest BCUT2D eigenvalue weighted by Gasteiger charge is 2.19. The molecule has 6 nitrogen and oxygen atoms in total. The number of hydrogen-bond donors (Lipinski definition) is 2. The lowest BCUT2D eigenvalue weighted by atomic mass is 10.0. The van der Waals surface area contributed by atoms with Crippen LogP contribution < -0.4 is 19.5 Å². The van der Waals surface area contributed by atoms with Gasteiger partial charge in [-0.3, -0.25) is 4.79 Å². The van der Waals surface area contributed by atoms with Gasteiger partial charge < -0.3 is 24.6 Å². The summed E-state index contributed by atoms with van der Waals surface area (Å²) in [5.41, 5.74) is 1.24. The van der Waals surface area contributed by atoms with Crippen molar-refractivity contribution in [3.8, 4) is 17.2 Å². The number of amides is 1. The lowest BCUT2D eigenvalue weighted by Gasteiger charge is -2.15. The van der Waals surface area contributed by atoms with Crippen LogP contribution in [0.5, 0.6) is 17.2 Å². The third-order valence-corrected chi connectivity index (χ3v) is 4.90. The van der Waals surface area contributed by atoms with E-state index in [1.165, 1.54) is 0 Å². The van der Waals surface area contributed by atoms with Crippen LogP contribution in [0.4, 0.5) is 0 Å². The van der Waals surface area contributed by atoms with Gasteiger partial charge in [0.25, 0.3) is 5.91 Å². The molecule has 1 unspecified atom stereocenters. The maximum atomic E-state index is 12.9. The van der Waals surface area contributed by atoms with Gasteiger partial charge in [-0.2, -0.15) is 0 Å². The molecule has 0 fully saturated rings. The summed E-state index contributed by atoms with van der Waals surface area (Å²) in [5, 5.41) is 15.2. The summed E-state index contributed by atoms with van der Waals surface area (Å²) < 4.78 is 16.3. The van der Waals surface area contributed by atoms with Gasteiger partial charge in [0.1, 0.15) is 5.75 Å². The van der Waals surface area contributed by atoms with Crippen LogP contribution in [0.2, 0.25) is 0 Å². The number of rotatable bonds is 7. The van der Waals surface area contributed by atoms with Gasteiger partial charge in [-0.15, -0.1) is 0 Å². The number of carbonyl (C=O) groups excluding carboxylic acids is 1. The number of nitrogens with one attached hydrogen (secondary N) is 1. The number of hydrogen-bond acceptors (Lipinski definition) is 5. The molecule has 1 amide bonds. The number of ether oxygens (including phenoxy) is 3. The van der Waals surface area contributed by atoms with Gasteiger partial charge in [-0.05, 0) is 47.9 Å². The summed E-state index contributed by atoms with van der Waals surface area (Å²) in [4.78, 5) is 12.9. The first-order chi connectivity index (χ1) is 14.2. The molecule has 4 rings (SSSR count). The summed E-state index contributed by atoms with van der Waals surface area (Å²) >= 11 is 0. The number of benzene rings is 3.